The molecule has 0 bridgehead atoms. The molecule has 21 heavy (non-hydrogen) atoms. The van der Waals surface area contributed by atoms with Gasteiger partial charge in [-0.2, -0.15) is 0 Å². The third-order valence-corrected chi connectivity index (χ3v) is 3.45. The summed E-state index contributed by atoms with van der Waals surface area (Å²) in [5, 5.41) is 8.89. The average Bonchev–Trinajstić information content (AvgIpc) is 2.45. The van der Waals surface area contributed by atoms with Gasteiger partial charge >= 0.3 is 5.97 Å². The van der Waals surface area contributed by atoms with Gasteiger partial charge in [-0.1, -0.05) is 0 Å². The van der Waals surface area contributed by atoms with E-state index in [4.69, 9.17) is 14.6 Å². The number of morpholine rings is 1. The molecule has 1 N–H and O–H groups in total. The van der Waals surface area contributed by atoms with Crippen LogP contribution >= 0.6 is 0 Å². The van der Waals surface area contributed by atoms with Crippen LogP contribution in [0.15, 0.2) is 18.2 Å². The molecule has 0 spiro atoms. The molecule has 1 aliphatic heterocycles. The van der Waals surface area contributed by atoms with Gasteiger partial charge in [-0.15, -0.1) is 0 Å². The minimum atomic E-state index is -1.18. The molecule has 1 atom stereocenters. The predicted molar refractivity (Wildman–Crippen MR) is 75.3 cm³/mol. The third kappa shape index (κ3) is 4.41. The molecule has 0 aromatic heterocycles. The normalized spacial score (nSPS) is 19.7. The van der Waals surface area contributed by atoms with Crippen LogP contribution in [-0.2, 0) is 4.74 Å². The van der Waals surface area contributed by atoms with E-state index in [1.54, 1.807) is 0 Å². The molecule has 1 fully saturated rings. The van der Waals surface area contributed by atoms with Crippen LogP contribution in [0.3, 0.4) is 0 Å². The van der Waals surface area contributed by atoms with Crippen molar-refractivity contribution in [1.29, 1.82) is 0 Å². The Morgan fingerprint density at radius 3 is 2.95 bits per heavy atom. The standard InChI is InChI=1S/C15H20FNO4/c1-10(2)17-3-4-20-14(8-17)9-21-13-6-11(15(18)19)5-12(16)7-13/h5-7,10,14H,3-4,8-9H2,1-2H3,(H,18,19). The second-order valence-corrected chi connectivity index (χ2v) is 5.37. The lowest BCUT2D eigenvalue weighted by Gasteiger charge is -2.35. The fourth-order valence-electron chi connectivity index (χ4n) is 2.27. The topological polar surface area (TPSA) is 59.0 Å². The van der Waals surface area contributed by atoms with Crippen LogP contribution in [0.5, 0.6) is 5.75 Å². The van der Waals surface area contributed by atoms with Gasteiger partial charge in [0.1, 0.15) is 24.3 Å². The van der Waals surface area contributed by atoms with E-state index < -0.39 is 11.8 Å². The zero-order valence-electron chi connectivity index (χ0n) is 12.2. The SMILES string of the molecule is CC(C)N1CCOC(COc2cc(F)cc(C(=O)O)c2)C1. The summed E-state index contributed by atoms with van der Waals surface area (Å²) in [6.07, 6.45) is -0.0994. The summed E-state index contributed by atoms with van der Waals surface area (Å²) in [5.41, 5.74) is -0.127. The first kappa shape index (κ1) is 15.7. The number of benzene rings is 1. The zero-order chi connectivity index (χ0) is 15.4. The Labute approximate surface area is 123 Å². The second kappa shape index (κ2) is 6.87. The minimum Gasteiger partial charge on any atom is -0.491 e. The lowest BCUT2D eigenvalue weighted by molar-refractivity contribution is -0.0564. The van der Waals surface area contributed by atoms with Gasteiger partial charge in [0.2, 0.25) is 0 Å². The van der Waals surface area contributed by atoms with Gasteiger partial charge in [0.15, 0.2) is 0 Å². The van der Waals surface area contributed by atoms with E-state index in [2.05, 4.69) is 18.7 Å². The molecule has 0 saturated carbocycles. The molecule has 1 aromatic carbocycles. The molecular weight excluding hydrogens is 277 g/mol. The van der Waals surface area contributed by atoms with Crippen molar-refractivity contribution in [1.82, 2.24) is 4.90 Å². The summed E-state index contributed by atoms with van der Waals surface area (Å²) in [5.74, 6) is -1.60. The van der Waals surface area contributed by atoms with Gasteiger partial charge in [0.05, 0.1) is 12.2 Å². The van der Waals surface area contributed by atoms with Crippen LogP contribution in [0.25, 0.3) is 0 Å². The van der Waals surface area contributed by atoms with Gasteiger partial charge in [0, 0.05) is 25.2 Å². The number of carbonyl (C=O) groups is 1. The minimum absolute atomic E-state index is 0.0994. The van der Waals surface area contributed by atoms with Crippen molar-refractivity contribution in [3.05, 3.63) is 29.6 Å². The van der Waals surface area contributed by atoms with E-state index in [1.165, 1.54) is 12.1 Å². The summed E-state index contributed by atoms with van der Waals surface area (Å²) in [6, 6.07) is 3.89. The number of rotatable bonds is 5. The molecule has 6 heteroatoms. The number of nitrogens with zero attached hydrogens (tertiary/aromatic N) is 1. The third-order valence-electron chi connectivity index (χ3n) is 3.45. The molecule has 5 nitrogen and oxygen atoms in total. The van der Waals surface area contributed by atoms with Crippen molar-refractivity contribution in [2.45, 2.75) is 26.0 Å². The van der Waals surface area contributed by atoms with Gasteiger partial charge in [-0.05, 0) is 26.0 Å². The Morgan fingerprint density at radius 2 is 2.29 bits per heavy atom. The molecule has 1 aromatic rings. The fourth-order valence-corrected chi connectivity index (χ4v) is 2.27. The highest BCUT2D eigenvalue weighted by Gasteiger charge is 2.22. The second-order valence-electron chi connectivity index (χ2n) is 5.37. The molecule has 1 saturated heterocycles. The Kier molecular flexibility index (Phi) is 5.14. The van der Waals surface area contributed by atoms with Crippen molar-refractivity contribution in [3.8, 4) is 5.75 Å². The summed E-state index contributed by atoms with van der Waals surface area (Å²) in [7, 11) is 0. The number of halogens is 1. The average molecular weight is 297 g/mol. The van der Waals surface area contributed by atoms with Crippen LogP contribution in [0.2, 0.25) is 0 Å². The smallest absolute Gasteiger partial charge is 0.335 e. The molecule has 1 heterocycles. The van der Waals surface area contributed by atoms with Gasteiger partial charge in [0.25, 0.3) is 0 Å². The van der Waals surface area contributed by atoms with Crippen LogP contribution in [0.4, 0.5) is 4.39 Å². The largest absolute Gasteiger partial charge is 0.491 e. The lowest BCUT2D eigenvalue weighted by atomic mass is 10.2. The highest BCUT2D eigenvalue weighted by atomic mass is 19.1. The maximum atomic E-state index is 13.3. The molecule has 1 aliphatic rings. The maximum absolute atomic E-state index is 13.3. The first-order valence-corrected chi connectivity index (χ1v) is 6.98. The van der Waals surface area contributed by atoms with Gasteiger partial charge in [-0.25, -0.2) is 9.18 Å². The van der Waals surface area contributed by atoms with E-state index in [0.717, 1.165) is 19.2 Å². The summed E-state index contributed by atoms with van der Waals surface area (Å²) in [6.45, 7) is 6.78. The molecular formula is C15H20FNO4. The van der Waals surface area contributed by atoms with Crippen molar-refractivity contribution in [2.75, 3.05) is 26.3 Å². The summed E-state index contributed by atoms with van der Waals surface area (Å²) >= 11 is 0. The van der Waals surface area contributed by atoms with Crippen LogP contribution in [0.1, 0.15) is 24.2 Å². The van der Waals surface area contributed by atoms with E-state index in [1.807, 2.05) is 0 Å². The zero-order valence-corrected chi connectivity index (χ0v) is 12.2. The monoisotopic (exact) mass is 297 g/mol. The van der Waals surface area contributed by atoms with Gasteiger partial charge < -0.3 is 14.6 Å². The van der Waals surface area contributed by atoms with Crippen molar-refractivity contribution in [2.24, 2.45) is 0 Å². The Hall–Kier alpha value is -1.66. The number of ether oxygens (including phenoxy) is 2. The maximum Gasteiger partial charge on any atom is 0.335 e. The van der Waals surface area contributed by atoms with Crippen LogP contribution < -0.4 is 4.74 Å². The number of hydrogen-bond donors (Lipinski definition) is 1. The number of carboxylic acids is 1. The van der Waals surface area contributed by atoms with Crippen molar-refractivity contribution in [3.63, 3.8) is 0 Å². The molecule has 0 radical (unpaired) electrons. The first-order chi connectivity index (χ1) is 9.95. The fraction of sp³-hybridized carbons (Fsp3) is 0.533. The van der Waals surface area contributed by atoms with E-state index in [9.17, 15) is 9.18 Å². The molecule has 1 unspecified atom stereocenters. The summed E-state index contributed by atoms with van der Waals surface area (Å²) in [4.78, 5) is 13.2. The summed E-state index contributed by atoms with van der Waals surface area (Å²) < 4.78 is 24.4. The number of hydrogen-bond acceptors (Lipinski definition) is 4. The molecule has 116 valence electrons. The van der Waals surface area contributed by atoms with Crippen LogP contribution in [0, 0.1) is 5.82 Å². The Morgan fingerprint density at radius 1 is 1.52 bits per heavy atom. The predicted octanol–water partition coefficient (Wildman–Crippen LogP) is 2.01. The van der Waals surface area contributed by atoms with E-state index in [-0.39, 0.29) is 24.0 Å². The molecule has 0 aliphatic carbocycles. The molecule has 2 rings (SSSR count). The number of aromatic carboxylic acids is 1. The van der Waals surface area contributed by atoms with Crippen LogP contribution in [-0.4, -0.2) is 54.4 Å². The van der Waals surface area contributed by atoms with Crippen molar-refractivity contribution >= 4 is 5.97 Å². The van der Waals surface area contributed by atoms with E-state index >= 15 is 0 Å². The number of carboxylic acid groups (broad SMARTS) is 1. The Balaban J connectivity index is 1.95. The molecule has 0 amide bonds. The lowest BCUT2D eigenvalue weighted by Crippen LogP contribution is -2.47. The quantitative estimate of drug-likeness (QED) is 0.901. The highest BCUT2D eigenvalue weighted by molar-refractivity contribution is 5.88. The van der Waals surface area contributed by atoms with Crippen molar-refractivity contribution < 1.29 is 23.8 Å². The van der Waals surface area contributed by atoms with E-state index in [0.29, 0.717) is 12.6 Å². The van der Waals surface area contributed by atoms with Gasteiger partial charge in [-0.3, -0.25) is 4.90 Å². The highest BCUT2D eigenvalue weighted by Crippen LogP contribution is 2.18. The first-order valence-electron chi connectivity index (χ1n) is 6.98. The Bertz CT molecular complexity index is 506.